The number of anilines is 1. The molecule has 0 saturated carbocycles. The predicted molar refractivity (Wildman–Crippen MR) is 78.1 cm³/mol. The summed E-state index contributed by atoms with van der Waals surface area (Å²) in [6.45, 7) is 5.28. The molecule has 2 rings (SSSR count). The number of thiocarbonyl (C=S) groups is 1. The molecular formula is C12H16N6S. The summed E-state index contributed by atoms with van der Waals surface area (Å²) in [5.74, 6) is 0. The van der Waals surface area contributed by atoms with E-state index in [0.717, 1.165) is 29.2 Å². The number of rotatable bonds is 5. The molecule has 0 bridgehead atoms. The summed E-state index contributed by atoms with van der Waals surface area (Å²) in [7, 11) is 0. The zero-order valence-electron chi connectivity index (χ0n) is 10.9. The van der Waals surface area contributed by atoms with Gasteiger partial charge in [0.25, 0.3) is 0 Å². The first-order valence-electron chi connectivity index (χ1n) is 5.94. The maximum atomic E-state index is 5.76. The van der Waals surface area contributed by atoms with Crippen LogP contribution in [0, 0.1) is 13.8 Å². The van der Waals surface area contributed by atoms with Gasteiger partial charge in [-0.25, -0.2) is 0 Å². The van der Waals surface area contributed by atoms with E-state index in [-0.39, 0.29) is 0 Å². The molecule has 0 saturated heterocycles. The Hall–Kier alpha value is -2.02. The molecule has 0 amide bonds. The summed E-state index contributed by atoms with van der Waals surface area (Å²) in [4.78, 5) is 4.73. The minimum Gasteiger partial charge on any atom is -0.389 e. The number of hydrogen-bond acceptors (Lipinski definition) is 5. The molecule has 100 valence electrons. The van der Waals surface area contributed by atoms with E-state index < -0.39 is 0 Å². The maximum Gasteiger partial charge on any atom is 0.107 e. The van der Waals surface area contributed by atoms with Gasteiger partial charge in [-0.15, -0.1) is 5.10 Å². The molecule has 0 unspecified atom stereocenters. The molecule has 0 aromatic carbocycles. The van der Waals surface area contributed by atoms with Crippen LogP contribution in [0.3, 0.4) is 0 Å². The second-order valence-corrected chi connectivity index (χ2v) is 4.67. The fourth-order valence-corrected chi connectivity index (χ4v) is 2.19. The van der Waals surface area contributed by atoms with Crippen LogP contribution in [0.25, 0.3) is 0 Å². The van der Waals surface area contributed by atoms with Crippen LogP contribution in [-0.4, -0.2) is 31.5 Å². The number of pyridine rings is 1. The van der Waals surface area contributed by atoms with E-state index in [2.05, 4.69) is 20.6 Å². The van der Waals surface area contributed by atoms with E-state index in [0.29, 0.717) is 11.5 Å². The Morgan fingerprint density at radius 1 is 1.47 bits per heavy atom. The number of nitrogens with two attached hydrogens (primary N) is 1. The Bertz CT molecular complexity index is 578. The summed E-state index contributed by atoms with van der Waals surface area (Å²) in [6.07, 6.45) is 3.47. The van der Waals surface area contributed by atoms with Crippen LogP contribution in [0.1, 0.15) is 17.0 Å². The fourth-order valence-electron chi connectivity index (χ4n) is 1.94. The van der Waals surface area contributed by atoms with E-state index in [1.807, 2.05) is 26.1 Å². The van der Waals surface area contributed by atoms with E-state index in [9.17, 15) is 0 Å². The van der Waals surface area contributed by atoms with E-state index in [1.54, 1.807) is 10.9 Å². The molecule has 19 heavy (non-hydrogen) atoms. The van der Waals surface area contributed by atoms with Crippen molar-refractivity contribution in [3.05, 3.63) is 35.4 Å². The highest BCUT2D eigenvalue weighted by Crippen LogP contribution is 2.19. The van der Waals surface area contributed by atoms with Crippen LogP contribution in [0.15, 0.2) is 18.5 Å². The standard InChI is InChI=1S/C12H16N6S/c1-8-7-10(11(12(13)19)9(2)16-8)14-3-5-18-6-4-15-17-18/h4,6-7H,3,5H2,1-2H3,(H2,13,19)(H,14,16). The Morgan fingerprint density at radius 3 is 2.89 bits per heavy atom. The van der Waals surface area contributed by atoms with Crippen LogP contribution in [0.2, 0.25) is 0 Å². The largest absolute Gasteiger partial charge is 0.389 e. The third kappa shape index (κ3) is 3.25. The molecule has 7 heteroatoms. The Balaban J connectivity index is 2.12. The van der Waals surface area contributed by atoms with E-state index >= 15 is 0 Å². The lowest BCUT2D eigenvalue weighted by Crippen LogP contribution is -2.18. The molecule has 0 aliphatic rings. The second kappa shape index (κ2) is 5.75. The van der Waals surface area contributed by atoms with Crippen LogP contribution in [0.5, 0.6) is 0 Å². The van der Waals surface area contributed by atoms with Gasteiger partial charge in [-0.05, 0) is 19.9 Å². The van der Waals surface area contributed by atoms with Gasteiger partial charge in [0.15, 0.2) is 0 Å². The van der Waals surface area contributed by atoms with Crippen LogP contribution < -0.4 is 11.1 Å². The molecule has 2 aromatic rings. The van der Waals surface area contributed by atoms with Crippen molar-refractivity contribution < 1.29 is 0 Å². The Labute approximate surface area is 117 Å². The van der Waals surface area contributed by atoms with E-state index in [1.165, 1.54) is 0 Å². The molecule has 0 aliphatic carbocycles. The van der Waals surface area contributed by atoms with Gasteiger partial charge in [0.05, 0.1) is 18.3 Å². The van der Waals surface area contributed by atoms with Gasteiger partial charge in [0.2, 0.25) is 0 Å². The van der Waals surface area contributed by atoms with Gasteiger partial charge in [0.1, 0.15) is 4.99 Å². The average molecular weight is 276 g/mol. The highest BCUT2D eigenvalue weighted by atomic mass is 32.1. The van der Waals surface area contributed by atoms with Crippen molar-refractivity contribution in [3.63, 3.8) is 0 Å². The lowest BCUT2D eigenvalue weighted by Gasteiger charge is -2.14. The van der Waals surface area contributed by atoms with Crippen LogP contribution in [0.4, 0.5) is 5.69 Å². The Kier molecular flexibility index (Phi) is 4.06. The molecule has 6 nitrogen and oxygen atoms in total. The molecule has 3 N–H and O–H groups in total. The van der Waals surface area contributed by atoms with Crippen molar-refractivity contribution >= 4 is 22.9 Å². The lowest BCUT2D eigenvalue weighted by molar-refractivity contribution is 0.609. The maximum absolute atomic E-state index is 5.76. The van der Waals surface area contributed by atoms with Crippen LogP contribution in [-0.2, 0) is 6.54 Å². The van der Waals surface area contributed by atoms with Gasteiger partial charge < -0.3 is 11.1 Å². The first-order chi connectivity index (χ1) is 9.08. The smallest absolute Gasteiger partial charge is 0.107 e. The third-order valence-corrected chi connectivity index (χ3v) is 2.91. The summed E-state index contributed by atoms with van der Waals surface area (Å²) in [5, 5.41) is 11.0. The molecular weight excluding hydrogens is 260 g/mol. The SMILES string of the molecule is Cc1cc(NCCn2ccnn2)c(C(N)=S)c(C)n1. The topological polar surface area (TPSA) is 81.7 Å². The Morgan fingerprint density at radius 2 is 2.26 bits per heavy atom. The second-order valence-electron chi connectivity index (χ2n) is 4.23. The average Bonchev–Trinajstić information content (AvgIpc) is 2.80. The first kappa shape index (κ1) is 13.4. The molecule has 0 atom stereocenters. The van der Waals surface area contributed by atoms with Gasteiger partial charge >= 0.3 is 0 Å². The molecule has 2 heterocycles. The number of aromatic nitrogens is 4. The third-order valence-electron chi connectivity index (χ3n) is 2.70. The molecule has 0 fully saturated rings. The number of hydrogen-bond donors (Lipinski definition) is 2. The van der Waals surface area contributed by atoms with Gasteiger partial charge in [-0.3, -0.25) is 9.67 Å². The summed E-state index contributed by atoms with van der Waals surface area (Å²) in [5.41, 5.74) is 9.25. The summed E-state index contributed by atoms with van der Waals surface area (Å²) < 4.78 is 1.76. The number of nitrogens with one attached hydrogen (secondary N) is 1. The van der Waals surface area contributed by atoms with Crippen molar-refractivity contribution in [2.45, 2.75) is 20.4 Å². The van der Waals surface area contributed by atoms with Crippen molar-refractivity contribution in [2.24, 2.45) is 5.73 Å². The monoisotopic (exact) mass is 276 g/mol. The van der Waals surface area contributed by atoms with Gasteiger partial charge in [-0.1, -0.05) is 17.4 Å². The minimum absolute atomic E-state index is 0.355. The van der Waals surface area contributed by atoms with Crippen molar-refractivity contribution in [3.8, 4) is 0 Å². The van der Waals surface area contributed by atoms with Crippen LogP contribution >= 0.6 is 12.2 Å². The van der Waals surface area contributed by atoms with Crippen molar-refractivity contribution in [2.75, 3.05) is 11.9 Å². The quantitative estimate of drug-likeness (QED) is 0.794. The summed E-state index contributed by atoms with van der Waals surface area (Å²) in [6, 6.07) is 1.95. The lowest BCUT2D eigenvalue weighted by atomic mass is 10.1. The van der Waals surface area contributed by atoms with E-state index in [4.69, 9.17) is 18.0 Å². The summed E-state index contributed by atoms with van der Waals surface area (Å²) >= 11 is 5.08. The minimum atomic E-state index is 0.355. The zero-order chi connectivity index (χ0) is 13.8. The number of nitrogens with zero attached hydrogens (tertiary/aromatic N) is 4. The zero-order valence-corrected chi connectivity index (χ0v) is 11.7. The highest BCUT2D eigenvalue weighted by molar-refractivity contribution is 7.80. The number of aryl methyl sites for hydroxylation is 2. The highest BCUT2D eigenvalue weighted by Gasteiger charge is 2.10. The normalized spacial score (nSPS) is 10.4. The molecule has 0 aliphatic heterocycles. The fraction of sp³-hybridized carbons (Fsp3) is 0.333. The van der Waals surface area contributed by atoms with Gasteiger partial charge in [0, 0.05) is 29.8 Å². The predicted octanol–water partition coefficient (Wildman–Crippen LogP) is 1.04. The molecule has 2 aromatic heterocycles. The molecule has 0 radical (unpaired) electrons. The first-order valence-corrected chi connectivity index (χ1v) is 6.35. The van der Waals surface area contributed by atoms with Crippen molar-refractivity contribution in [1.82, 2.24) is 20.0 Å². The van der Waals surface area contributed by atoms with Crippen molar-refractivity contribution in [1.29, 1.82) is 0 Å². The van der Waals surface area contributed by atoms with Gasteiger partial charge in [-0.2, -0.15) is 0 Å². The molecule has 0 spiro atoms.